The Kier molecular flexibility index (Phi) is 3.58. The van der Waals surface area contributed by atoms with Crippen LogP contribution in [0.2, 0.25) is 0 Å². The molecule has 4 nitrogen and oxygen atoms in total. The number of nitrogens with zero attached hydrogens (tertiary/aromatic N) is 3. The Morgan fingerprint density at radius 2 is 1.76 bits per heavy atom. The van der Waals surface area contributed by atoms with E-state index >= 15 is 0 Å². The molecule has 2 heterocycles. The SMILES string of the molecule is CC1CCc2cc(F)ccc2N1C(=O)c1ccc2nc3c(nc2c1)C1CCC3C1. The van der Waals surface area contributed by atoms with Crippen LogP contribution in [0.1, 0.15) is 71.8 Å². The van der Waals surface area contributed by atoms with Crippen LogP contribution in [0.4, 0.5) is 10.1 Å². The van der Waals surface area contributed by atoms with Gasteiger partial charge in [0.05, 0.1) is 22.4 Å². The second kappa shape index (κ2) is 6.09. The molecule has 2 aliphatic carbocycles. The minimum absolute atomic E-state index is 0.0595. The minimum Gasteiger partial charge on any atom is -0.305 e. The van der Waals surface area contributed by atoms with Crippen LogP contribution in [0.25, 0.3) is 11.0 Å². The smallest absolute Gasteiger partial charge is 0.258 e. The fourth-order valence-corrected chi connectivity index (χ4v) is 5.46. The molecule has 3 atom stereocenters. The summed E-state index contributed by atoms with van der Waals surface area (Å²) in [5.74, 6) is 0.792. The summed E-state index contributed by atoms with van der Waals surface area (Å²) in [6, 6.07) is 10.4. The van der Waals surface area contributed by atoms with Gasteiger partial charge in [-0.1, -0.05) is 0 Å². The van der Waals surface area contributed by atoms with Crippen LogP contribution in [-0.2, 0) is 6.42 Å². The third kappa shape index (κ3) is 2.53. The lowest BCUT2D eigenvalue weighted by Crippen LogP contribution is -2.42. The molecule has 3 aliphatic rings. The summed E-state index contributed by atoms with van der Waals surface area (Å²) in [7, 11) is 0. The number of fused-ring (bicyclic) bond motifs is 7. The molecule has 1 aliphatic heterocycles. The van der Waals surface area contributed by atoms with Crippen LogP contribution >= 0.6 is 0 Å². The van der Waals surface area contributed by atoms with Gasteiger partial charge in [0.25, 0.3) is 5.91 Å². The fourth-order valence-electron chi connectivity index (χ4n) is 5.46. The zero-order valence-electron chi connectivity index (χ0n) is 16.4. The van der Waals surface area contributed by atoms with Crippen LogP contribution < -0.4 is 4.90 Å². The van der Waals surface area contributed by atoms with Crippen molar-refractivity contribution in [2.45, 2.75) is 56.9 Å². The first kappa shape index (κ1) is 17.1. The van der Waals surface area contributed by atoms with E-state index in [4.69, 9.17) is 9.97 Å². The number of anilines is 1. The van der Waals surface area contributed by atoms with Crippen LogP contribution in [0.3, 0.4) is 0 Å². The monoisotopic (exact) mass is 387 g/mol. The second-order valence-electron chi connectivity index (χ2n) is 8.74. The van der Waals surface area contributed by atoms with Gasteiger partial charge in [0.2, 0.25) is 0 Å². The van der Waals surface area contributed by atoms with E-state index in [1.165, 1.54) is 31.0 Å². The van der Waals surface area contributed by atoms with E-state index in [0.29, 0.717) is 17.4 Å². The van der Waals surface area contributed by atoms with E-state index in [0.717, 1.165) is 40.8 Å². The third-order valence-electron chi connectivity index (χ3n) is 6.96. The van der Waals surface area contributed by atoms with E-state index in [-0.39, 0.29) is 17.8 Å². The molecule has 3 unspecified atom stereocenters. The number of hydrogen-bond acceptors (Lipinski definition) is 3. The van der Waals surface area contributed by atoms with Crippen LogP contribution in [0, 0.1) is 5.82 Å². The quantitative estimate of drug-likeness (QED) is 0.583. The lowest BCUT2D eigenvalue weighted by molar-refractivity contribution is 0.0975. The molecule has 0 N–H and O–H groups in total. The van der Waals surface area contributed by atoms with Crippen molar-refractivity contribution in [2.24, 2.45) is 0 Å². The number of halogens is 1. The molecule has 0 spiro atoms. The number of aryl methyl sites for hydroxylation is 1. The Morgan fingerprint density at radius 3 is 2.55 bits per heavy atom. The maximum absolute atomic E-state index is 13.7. The van der Waals surface area contributed by atoms with Crippen molar-refractivity contribution in [1.82, 2.24) is 9.97 Å². The molecule has 0 saturated heterocycles. The molecule has 5 heteroatoms. The molecule has 3 aromatic rings. The van der Waals surface area contributed by atoms with Gasteiger partial charge in [0, 0.05) is 29.1 Å². The maximum atomic E-state index is 13.7. The highest BCUT2D eigenvalue weighted by atomic mass is 19.1. The summed E-state index contributed by atoms with van der Waals surface area (Å²) in [4.78, 5) is 25.1. The molecule has 146 valence electrons. The van der Waals surface area contributed by atoms with Crippen LogP contribution in [0.5, 0.6) is 0 Å². The van der Waals surface area contributed by atoms with Gasteiger partial charge in [-0.3, -0.25) is 4.79 Å². The predicted octanol–water partition coefficient (Wildman–Crippen LogP) is 5.12. The largest absolute Gasteiger partial charge is 0.305 e. The van der Waals surface area contributed by atoms with Crippen molar-refractivity contribution in [3.8, 4) is 0 Å². The summed E-state index contributed by atoms with van der Waals surface area (Å²) in [5.41, 5.74) is 6.30. The van der Waals surface area contributed by atoms with Gasteiger partial charge >= 0.3 is 0 Å². The van der Waals surface area contributed by atoms with E-state index in [2.05, 4.69) is 6.92 Å². The summed E-state index contributed by atoms with van der Waals surface area (Å²) in [5, 5.41) is 0. The van der Waals surface area contributed by atoms with Crippen LogP contribution in [0.15, 0.2) is 36.4 Å². The highest BCUT2D eigenvalue weighted by Crippen LogP contribution is 2.51. The molecule has 2 aromatic carbocycles. The number of carbonyl (C=O) groups is 1. The highest BCUT2D eigenvalue weighted by Gasteiger charge is 2.39. The molecule has 1 aromatic heterocycles. The zero-order valence-corrected chi connectivity index (χ0v) is 16.4. The molecule has 6 rings (SSSR count). The van der Waals surface area contributed by atoms with Crippen molar-refractivity contribution in [3.05, 3.63) is 64.7 Å². The first-order chi connectivity index (χ1) is 14.1. The van der Waals surface area contributed by atoms with E-state index < -0.39 is 0 Å². The summed E-state index contributed by atoms with van der Waals surface area (Å²) < 4.78 is 13.7. The number of amides is 1. The number of benzene rings is 2. The Morgan fingerprint density at radius 1 is 1.00 bits per heavy atom. The molecule has 1 saturated carbocycles. The average Bonchev–Trinajstić information content (AvgIpc) is 3.34. The van der Waals surface area contributed by atoms with Crippen molar-refractivity contribution in [2.75, 3.05) is 4.90 Å². The van der Waals surface area contributed by atoms with Gasteiger partial charge in [0.15, 0.2) is 0 Å². The topological polar surface area (TPSA) is 46.1 Å². The van der Waals surface area contributed by atoms with Gasteiger partial charge in [-0.25, -0.2) is 14.4 Å². The Bertz CT molecular complexity index is 1170. The van der Waals surface area contributed by atoms with Gasteiger partial charge in [-0.15, -0.1) is 0 Å². The second-order valence-corrected chi connectivity index (χ2v) is 8.74. The van der Waals surface area contributed by atoms with E-state index in [9.17, 15) is 9.18 Å². The van der Waals surface area contributed by atoms with E-state index in [1.54, 1.807) is 12.1 Å². The van der Waals surface area contributed by atoms with Crippen molar-refractivity contribution in [3.63, 3.8) is 0 Å². The third-order valence-corrected chi connectivity index (χ3v) is 6.96. The normalized spacial score (nSPS) is 24.6. The van der Waals surface area contributed by atoms with Crippen molar-refractivity contribution >= 4 is 22.6 Å². The fraction of sp³-hybridized carbons (Fsp3) is 0.375. The molecule has 29 heavy (non-hydrogen) atoms. The maximum Gasteiger partial charge on any atom is 0.258 e. The lowest BCUT2D eigenvalue weighted by atomic mass is 9.95. The zero-order chi connectivity index (χ0) is 19.7. The summed E-state index contributed by atoms with van der Waals surface area (Å²) in [6.45, 7) is 2.05. The number of hydrogen-bond donors (Lipinski definition) is 0. The molecule has 1 fully saturated rings. The molecular formula is C24H22FN3O. The predicted molar refractivity (Wildman–Crippen MR) is 110 cm³/mol. The van der Waals surface area contributed by atoms with Crippen molar-refractivity contribution < 1.29 is 9.18 Å². The van der Waals surface area contributed by atoms with Crippen LogP contribution in [-0.4, -0.2) is 21.9 Å². The lowest BCUT2D eigenvalue weighted by Gasteiger charge is -2.35. The Labute approximate surface area is 168 Å². The Balaban J connectivity index is 1.41. The van der Waals surface area contributed by atoms with Gasteiger partial charge in [0.1, 0.15) is 5.82 Å². The van der Waals surface area contributed by atoms with E-state index in [1.807, 2.05) is 23.1 Å². The molecule has 2 bridgehead atoms. The molecule has 0 radical (unpaired) electrons. The van der Waals surface area contributed by atoms with Gasteiger partial charge in [-0.05, 0) is 81.0 Å². The number of carbonyl (C=O) groups excluding carboxylic acids is 1. The molecule has 1 amide bonds. The number of aromatic nitrogens is 2. The summed E-state index contributed by atoms with van der Waals surface area (Å²) in [6.07, 6.45) is 5.22. The van der Waals surface area contributed by atoms with Crippen molar-refractivity contribution in [1.29, 1.82) is 0 Å². The van der Waals surface area contributed by atoms with Gasteiger partial charge < -0.3 is 4.90 Å². The standard InChI is InChI=1S/C24H22FN3O/c1-13-2-3-14-11-18(25)7-9-21(14)28(13)24(29)17-6-8-19-20(12-17)27-23-16-5-4-15(10-16)22(23)26-19/h6-9,11-13,15-16H,2-5,10H2,1H3. The first-order valence-corrected chi connectivity index (χ1v) is 10.5. The Hall–Kier alpha value is -2.82. The van der Waals surface area contributed by atoms with Gasteiger partial charge in [-0.2, -0.15) is 0 Å². The summed E-state index contributed by atoms with van der Waals surface area (Å²) >= 11 is 0. The average molecular weight is 387 g/mol. The highest BCUT2D eigenvalue weighted by molar-refractivity contribution is 6.08. The first-order valence-electron chi connectivity index (χ1n) is 10.5. The minimum atomic E-state index is -0.255. The molecular weight excluding hydrogens is 365 g/mol. The number of rotatable bonds is 1.